The fraction of sp³-hybridized carbons (Fsp3) is 0.611. The van der Waals surface area contributed by atoms with E-state index in [9.17, 15) is 9.90 Å². The first-order valence-electron chi connectivity index (χ1n) is 8.49. The largest absolute Gasteiger partial charge is 0.497 e. The molecule has 6 heteroatoms. The minimum Gasteiger partial charge on any atom is -0.497 e. The second-order valence-corrected chi connectivity index (χ2v) is 6.78. The molecule has 3 rings (SSSR count). The lowest BCUT2D eigenvalue weighted by Crippen LogP contribution is -2.40. The van der Waals surface area contributed by atoms with Crippen LogP contribution in [0, 0.1) is 5.92 Å². The van der Waals surface area contributed by atoms with Gasteiger partial charge in [-0.1, -0.05) is 12.1 Å². The van der Waals surface area contributed by atoms with E-state index in [4.69, 9.17) is 4.74 Å². The van der Waals surface area contributed by atoms with Crippen LogP contribution in [0.2, 0.25) is 0 Å². The van der Waals surface area contributed by atoms with Crippen molar-refractivity contribution in [1.82, 2.24) is 10.6 Å². The maximum atomic E-state index is 12.1. The Morgan fingerprint density at radius 2 is 2.08 bits per heavy atom. The van der Waals surface area contributed by atoms with E-state index in [0.29, 0.717) is 30.2 Å². The fourth-order valence-electron chi connectivity index (χ4n) is 3.85. The van der Waals surface area contributed by atoms with Gasteiger partial charge in [-0.2, -0.15) is 0 Å². The van der Waals surface area contributed by atoms with Crippen molar-refractivity contribution in [3.8, 4) is 5.75 Å². The first kappa shape index (κ1) is 19.0. The van der Waals surface area contributed by atoms with Gasteiger partial charge in [-0.15, -0.1) is 12.4 Å². The van der Waals surface area contributed by atoms with Crippen molar-refractivity contribution in [2.75, 3.05) is 13.7 Å². The van der Waals surface area contributed by atoms with Crippen LogP contribution in [0.25, 0.3) is 0 Å². The van der Waals surface area contributed by atoms with Gasteiger partial charge in [0.15, 0.2) is 0 Å². The van der Waals surface area contributed by atoms with Gasteiger partial charge in [-0.3, -0.25) is 4.79 Å². The molecule has 0 aromatic heterocycles. The Morgan fingerprint density at radius 3 is 2.75 bits per heavy atom. The molecule has 0 saturated carbocycles. The van der Waals surface area contributed by atoms with Crippen LogP contribution in [0.5, 0.6) is 5.75 Å². The summed E-state index contributed by atoms with van der Waals surface area (Å²) in [5.41, 5.74) is 0.754. The quantitative estimate of drug-likeness (QED) is 0.732. The summed E-state index contributed by atoms with van der Waals surface area (Å²) in [5.74, 6) is 1.22. The van der Waals surface area contributed by atoms with Crippen LogP contribution in [0.4, 0.5) is 0 Å². The van der Waals surface area contributed by atoms with Crippen molar-refractivity contribution >= 4 is 18.3 Å². The smallest absolute Gasteiger partial charge is 0.220 e. The Morgan fingerprint density at radius 1 is 1.38 bits per heavy atom. The number of hydrogen-bond donors (Lipinski definition) is 3. The Hall–Kier alpha value is -1.30. The van der Waals surface area contributed by atoms with Crippen LogP contribution in [0.1, 0.15) is 43.8 Å². The molecule has 0 radical (unpaired) electrons. The number of aliphatic hydroxyl groups is 1. The summed E-state index contributed by atoms with van der Waals surface area (Å²) in [6.07, 6.45) is 4.55. The number of benzene rings is 1. The molecular weight excluding hydrogens is 328 g/mol. The summed E-state index contributed by atoms with van der Waals surface area (Å²) >= 11 is 0. The van der Waals surface area contributed by atoms with Gasteiger partial charge in [0.1, 0.15) is 5.75 Å². The molecule has 3 atom stereocenters. The number of halogens is 1. The van der Waals surface area contributed by atoms with Crippen molar-refractivity contribution in [2.45, 2.75) is 50.3 Å². The molecule has 2 saturated heterocycles. The fourth-order valence-corrected chi connectivity index (χ4v) is 3.85. The number of ether oxygens (including phenoxy) is 1. The SMILES string of the molecule is COc1cccc(C(O)CNC(=O)CC2CC3CCC(C2)N3)c1.Cl. The summed E-state index contributed by atoms with van der Waals surface area (Å²) in [5, 5.41) is 16.7. The third-order valence-corrected chi connectivity index (χ3v) is 5.02. The van der Waals surface area contributed by atoms with E-state index in [1.807, 2.05) is 18.2 Å². The molecule has 1 amide bonds. The maximum Gasteiger partial charge on any atom is 0.220 e. The monoisotopic (exact) mass is 354 g/mol. The lowest BCUT2D eigenvalue weighted by Gasteiger charge is -2.28. The van der Waals surface area contributed by atoms with Crippen LogP contribution in [-0.4, -0.2) is 36.8 Å². The molecule has 2 bridgehead atoms. The van der Waals surface area contributed by atoms with E-state index in [-0.39, 0.29) is 24.9 Å². The molecule has 134 valence electrons. The van der Waals surface area contributed by atoms with Gasteiger partial charge in [0.2, 0.25) is 5.91 Å². The molecule has 1 aromatic rings. The number of rotatable bonds is 6. The first-order chi connectivity index (χ1) is 11.1. The molecule has 1 aromatic carbocycles. The summed E-state index contributed by atoms with van der Waals surface area (Å²) < 4.78 is 5.15. The number of carbonyl (C=O) groups excluding carboxylic acids is 1. The lowest BCUT2D eigenvalue weighted by molar-refractivity contribution is -0.122. The molecule has 2 aliphatic heterocycles. The minimum absolute atomic E-state index is 0. The van der Waals surface area contributed by atoms with Crippen molar-refractivity contribution < 1.29 is 14.6 Å². The van der Waals surface area contributed by atoms with Crippen LogP contribution >= 0.6 is 12.4 Å². The Balaban J connectivity index is 0.00000208. The topological polar surface area (TPSA) is 70.6 Å². The number of hydrogen-bond acceptors (Lipinski definition) is 4. The molecule has 3 N–H and O–H groups in total. The summed E-state index contributed by atoms with van der Waals surface area (Å²) in [4.78, 5) is 12.1. The first-order valence-corrected chi connectivity index (χ1v) is 8.49. The Labute approximate surface area is 149 Å². The van der Waals surface area contributed by atoms with Crippen molar-refractivity contribution in [2.24, 2.45) is 5.92 Å². The van der Waals surface area contributed by atoms with Crippen molar-refractivity contribution in [3.05, 3.63) is 29.8 Å². The number of piperidine rings is 1. The van der Waals surface area contributed by atoms with Crippen LogP contribution in [0.3, 0.4) is 0 Å². The second-order valence-electron chi connectivity index (χ2n) is 6.78. The van der Waals surface area contributed by atoms with Crippen molar-refractivity contribution in [1.29, 1.82) is 0 Å². The molecule has 24 heavy (non-hydrogen) atoms. The molecule has 3 unspecified atom stereocenters. The van der Waals surface area contributed by atoms with Crippen LogP contribution in [-0.2, 0) is 4.79 Å². The van der Waals surface area contributed by atoms with E-state index < -0.39 is 6.10 Å². The predicted molar refractivity (Wildman–Crippen MR) is 95.5 cm³/mol. The molecule has 2 fully saturated rings. The van der Waals surface area contributed by atoms with Crippen molar-refractivity contribution in [3.63, 3.8) is 0 Å². The van der Waals surface area contributed by atoms with E-state index in [1.165, 1.54) is 12.8 Å². The standard InChI is InChI=1S/C18H26N2O3.ClH/c1-23-16-4-2-3-13(10-16)17(21)11-19-18(22)9-12-7-14-5-6-15(8-12)20-14;/h2-4,10,12,14-15,17,20-21H,5-9,11H2,1H3,(H,19,22);1H. The summed E-state index contributed by atoms with van der Waals surface area (Å²) in [7, 11) is 1.60. The molecule has 2 aliphatic rings. The number of aliphatic hydroxyl groups excluding tert-OH is 1. The number of methoxy groups -OCH3 is 1. The number of carbonyl (C=O) groups is 1. The average molecular weight is 355 g/mol. The molecule has 0 spiro atoms. The van der Waals surface area contributed by atoms with Crippen LogP contribution < -0.4 is 15.4 Å². The molecule has 0 aliphatic carbocycles. The zero-order chi connectivity index (χ0) is 16.2. The molecule has 5 nitrogen and oxygen atoms in total. The highest BCUT2D eigenvalue weighted by atomic mass is 35.5. The molecule has 2 heterocycles. The Kier molecular flexibility index (Phi) is 6.90. The van der Waals surface area contributed by atoms with Gasteiger partial charge in [0.25, 0.3) is 0 Å². The van der Waals surface area contributed by atoms with Gasteiger partial charge in [0.05, 0.1) is 13.2 Å². The maximum absolute atomic E-state index is 12.1. The number of fused-ring (bicyclic) bond motifs is 2. The van der Waals surface area contributed by atoms with Gasteiger partial charge in [-0.05, 0) is 49.3 Å². The Bertz CT molecular complexity index is 543. The van der Waals surface area contributed by atoms with Gasteiger partial charge < -0.3 is 20.5 Å². The zero-order valence-corrected chi connectivity index (χ0v) is 14.8. The van der Waals surface area contributed by atoms with E-state index in [0.717, 1.165) is 18.4 Å². The molecular formula is C18H27ClN2O3. The normalized spacial score (nSPS) is 26.3. The third-order valence-electron chi connectivity index (χ3n) is 5.02. The second kappa shape index (κ2) is 8.70. The highest BCUT2D eigenvalue weighted by Gasteiger charge is 2.34. The zero-order valence-electron chi connectivity index (χ0n) is 14.0. The predicted octanol–water partition coefficient (Wildman–Crippen LogP) is 2.19. The number of nitrogens with one attached hydrogen (secondary N) is 2. The van der Waals surface area contributed by atoms with Gasteiger partial charge in [0, 0.05) is 25.0 Å². The van der Waals surface area contributed by atoms with Gasteiger partial charge >= 0.3 is 0 Å². The highest BCUT2D eigenvalue weighted by Crippen LogP contribution is 2.32. The highest BCUT2D eigenvalue weighted by molar-refractivity contribution is 5.85. The van der Waals surface area contributed by atoms with Crippen LogP contribution in [0.15, 0.2) is 24.3 Å². The summed E-state index contributed by atoms with van der Waals surface area (Å²) in [6.45, 7) is 0.240. The average Bonchev–Trinajstić information content (AvgIpc) is 2.91. The van der Waals surface area contributed by atoms with E-state index in [2.05, 4.69) is 10.6 Å². The van der Waals surface area contributed by atoms with Gasteiger partial charge in [-0.25, -0.2) is 0 Å². The van der Waals surface area contributed by atoms with E-state index in [1.54, 1.807) is 13.2 Å². The third kappa shape index (κ3) is 4.85. The lowest BCUT2D eigenvalue weighted by atomic mass is 9.89. The minimum atomic E-state index is -0.710. The number of amides is 1. The summed E-state index contributed by atoms with van der Waals surface area (Å²) in [6, 6.07) is 8.51. The van der Waals surface area contributed by atoms with E-state index >= 15 is 0 Å².